The van der Waals surface area contributed by atoms with Crippen molar-refractivity contribution in [2.75, 3.05) is 13.2 Å². The molecule has 0 unspecified atom stereocenters. The molecule has 0 bridgehead atoms. The molecule has 1 rings (SSSR count). The molecule has 0 aliphatic heterocycles. The van der Waals surface area contributed by atoms with Gasteiger partial charge in [-0.2, -0.15) is 0 Å². The van der Waals surface area contributed by atoms with Crippen LogP contribution in [-0.4, -0.2) is 19.2 Å². The van der Waals surface area contributed by atoms with Gasteiger partial charge >= 0.3 is 5.97 Å². The Bertz CT molecular complexity index is 338. The number of benzene rings is 1. The third-order valence-electron chi connectivity index (χ3n) is 1.63. The molecule has 0 saturated carbocycles. The van der Waals surface area contributed by atoms with Crippen LogP contribution in [0.2, 0.25) is 0 Å². The second kappa shape index (κ2) is 6.50. The molecule has 0 spiro atoms. The van der Waals surface area contributed by atoms with Gasteiger partial charge in [0.25, 0.3) is 0 Å². The normalized spacial score (nSPS) is 9.00. The highest BCUT2D eigenvalue weighted by Crippen LogP contribution is 2.08. The van der Waals surface area contributed by atoms with Crippen molar-refractivity contribution in [3.05, 3.63) is 30.3 Å². The van der Waals surface area contributed by atoms with Gasteiger partial charge in [-0.1, -0.05) is 24.1 Å². The fraction of sp³-hybridized carbons (Fsp3) is 0.250. The monoisotopic (exact) mass is 204 g/mol. The third-order valence-corrected chi connectivity index (χ3v) is 1.63. The van der Waals surface area contributed by atoms with E-state index in [2.05, 4.69) is 10.7 Å². The summed E-state index contributed by atoms with van der Waals surface area (Å²) in [6, 6.07) is 9.28. The van der Waals surface area contributed by atoms with Gasteiger partial charge in [0.2, 0.25) is 0 Å². The maximum Gasteiger partial charge on any atom is 0.310 e. The van der Waals surface area contributed by atoms with E-state index in [1.807, 2.05) is 30.3 Å². The van der Waals surface area contributed by atoms with Crippen molar-refractivity contribution in [3.63, 3.8) is 0 Å². The molecule has 78 valence electrons. The van der Waals surface area contributed by atoms with Crippen LogP contribution in [0.5, 0.6) is 5.75 Å². The van der Waals surface area contributed by atoms with Crippen LogP contribution in [0.3, 0.4) is 0 Å². The highest BCUT2D eigenvalue weighted by Gasteiger charge is 2.01. The fourth-order valence-electron chi connectivity index (χ4n) is 0.963. The molecule has 0 aliphatic rings. The topological polar surface area (TPSA) is 35.5 Å². The average molecular weight is 204 g/mol. The molecule has 0 amide bonds. The Balaban J connectivity index is 2.17. The molecule has 0 atom stereocenters. The second-order valence-electron chi connectivity index (χ2n) is 2.78. The standard InChI is InChI=1S/C12H12O3/c1-2-9-15-12(13)8-10-14-11-6-4-3-5-7-11/h1,3-7H,8-10H2. The van der Waals surface area contributed by atoms with E-state index in [9.17, 15) is 4.79 Å². The first-order valence-corrected chi connectivity index (χ1v) is 4.60. The molecule has 0 heterocycles. The molecule has 3 heteroatoms. The van der Waals surface area contributed by atoms with Gasteiger partial charge in [0, 0.05) is 0 Å². The fourth-order valence-corrected chi connectivity index (χ4v) is 0.963. The largest absolute Gasteiger partial charge is 0.493 e. The summed E-state index contributed by atoms with van der Waals surface area (Å²) in [6.45, 7) is 0.317. The maximum atomic E-state index is 11.0. The smallest absolute Gasteiger partial charge is 0.310 e. The van der Waals surface area contributed by atoms with Crippen LogP contribution in [0, 0.1) is 12.3 Å². The summed E-state index contributed by atoms with van der Waals surface area (Å²) in [5.74, 6) is 2.62. The van der Waals surface area contributed by atoms with Gasteiger partial charge in [0.1, 0.15) is 5.75 Å². The molecule has 1 aromatic carbocycles. The Morgan fingerprint density at radius 2 is 2.07 bits per heavy atom. The minimum Gasteiger partial charge on any atom is -0.493 e. The lowest BCUT2D eigenvalue weighted by molar-refractivity contribution is -0.142. The van der Waals surface area contributed by atoms with E-state index < -0.39 is 0 Å². The highest BCUT2D eigenvalue weighted by molar-refractivity contribution is 5.69. The number of carbonyl (C=O) groups excluding carboxylic acids is 1. The Kier molecular flexibility index (Phi) is 4.82. The number of esters is 1. The van der Waals surface area contributed by atoms with Crippen LogP contribution in [0.1, 0.15) is 6.42 Å². The molecule has 3 nitrogen and oxygen atoms in total. The van der Waals surface area contributed by atoms with E-state index in [1.54, 1.807) is 0 Å². The second-order valence-corrected chi connectivity index (χ2v) is 2.78. The maximum absolute atomic E-state index is 11.0. The van der Waals surface area contributed by atoms with Gasteiger partial charge in [0.15, 0.2) is 6.61 Å². The Morgan fingerprint density at radius 3 is 2.73 bits per heavy atom. The molecule has 15 heavy (non-hydrogen) atoms. The highest BCUT2D eigenvalue weighted by atomic mass is 16.5. The van der Waals surface area contributed by atoms with Crippen molar-refractivity contribution in [1.82, 2.24) is 0 Å². The minimum atomic E-state index is -0.344. The Morgan fingerprint density at radius 1 is 1.33 bits per heavy atom. The molecule has 0 saturated heterocycles. The van der Waals surface area contributed by atoms with E-state index in [0.29, 0.717) is 6.61 Å². The molecule has 0 aliphatic carbocycles. The molecule has 0 radical (unpaired) electrons. The molecule has 0 fully saturated rings. The molecular formula is C12H12O3. The van der Waals surface area contributed by atoms with E-state index in [0.717, 1.165) is 5.75 Å². The van der Waals surface area contributed by atoms with Gasteiger partial charge in [-0.25, -0.2) is 0 Å². The summed E-state index contributed by atoms with van der Waals surface area (Å²) in [5, 5.41) is 0. The number of hydrogen-bond donors (Lipinski definition) is 0. The first kappa shape index (κ1) is 11.1. The van der Waals surface area contributed by atoms with Gasteiger partial charge in [-0.3, -0.25) is 4.79 Å². The molecule has 1 aromatic rings. The van der Waals surface area contributed by atoms with E-state index in [4.69, 9.17) is 11.2 Å². The van der Waals surface area contributed by atoms with Crippen LogP contribution in [-0.2, 0) is 9.53 Å². The first-order chi connectivity index (χ1) is 7.33. The molecule has 0 aromatic heterocycles. The van der Waals surface area contributed by atoms with Crippen LogP contribution >= 0.6 is 0 Å². The number of para-hydroxylation sites is 1. The molecule has 0 N–H and O–H groups in total. The number of terminal acetylenes is 1. The number of rotatable bonds is 5. The Hall–Kier alpha value is -1.95. The number of carbonyl (C=O) groups is 1. The zero-order chi connectivity index (χ0) is 10.9. The minimum absolute atomic E-state index is 0.0180. The van der Waals surface area contributed by atoms with Crippen LogP contribution in [0.4, 0.5) is 0 Å². The van der Waals surface area contributed by atoms with Gasteiger partial charge in [-0.05, 0) is 12.1 Å². The van der Waals surface area contributed by atoms with Crippen molar-refractivity contribution in [2.24, 2.45) is 0 Å². The number of ether oxygens (including phenoxy) is 2. The van der Waals surface area contributed by atoms with Crippen LogP contribution < -0.4 is 4.74 Å². The van der Waals surface area contributed by atoms with Gasteiger partial charge < -0.3 is 9.47 Å². The van der Waals surface area contributed by atoms with E-state index in [-0.39, 0.29) is 19.0 Å². The summed E-state index contributed by atoms with van der Waals surface area (Å²) >= 11 is 0. The summed E-state index contributed by atoms with van der Waals surface area (Å²) in [5.41, 5.74) is 0. The van der Waals surface area contributed by atoms with Crippen LogP contribution in [0.15, 0.2) is 30.3 Å². The summed E-state index contributed by atoms with van der Waals surface area (Å²) in [4.78, 5) is 11.0. The summed E-state index contributed by atoms with van der Waals surface area (Å²) in [7, 11) is 0. The lowest BCUT2D eigenvalue weighted by Crippen LogP contribution is -2.09. The van der Waals surface area contributed by atoms with Crippen molar-refractivity contribution in [3.8, 4) is 18.1 Å². The Labute approximate surface area is 89.0 Å². The van der Waals surface area contributed by atoms with Crippen molar-refractivity contribution >= 4 is 5.97 Å². The summed E-state index contributed by atoms with van der Waals surface area (Å²) < 4.78 is 9.98. The average Bonchev–Trinajstić information content (AvgIpc) is 2.28. The predicted octanol–water partition coefficient (Wildman–Crippen LogP) is 1.63. The van der Waals surface area contributed by atoms with E-state index >= 15 is 0 Å². The molecular weight excluding hydrogens is 192 g/mol. The predicted molar refractivity (Wildman–Crippen MR) is 56.3 cm³/mol. The van der Waals surface area contributed by atoms with Gasteiger partial charge in [-0.15, -0.1) is 6.42 Å². The van der Waals surface area contributed by atoms with Gasteiger partial charge in [0.05, 0.1) is 13.0 Å². The van der Waals surface area contributed by atoms with Crippen molar-refractivity contribution < 1.29 is 14.3 Å². The van der Waals surface area contributed by atoms with Crippen molar-refractivity contribution in [1.29, 1.82) is 0 Å². The number of hydrogen-bond acceptors (Lipinski definition) is 3. The van der Waals surface area contributed by atoms with Crippen molar-refractivity contribution in [2.45, 2.75) is 6.42 Å². The van der Waals surface area contributed by atoms with E-state index in [1.165, 1.54) is 0 Å². The van der Waals surface area contributed by atoms with Crippen LogP contribution in [0.25, 0.3) is 0 Å². The lowest BCUT2D eigenvalue weighted by atomic mass is 10.3. The third kappa shape index (κ3) is 4.72. The summed E-state index contributed by atoms with van der Waals surface area (Å²) in [6.07, 6.45) is 5.14. The lowest BCUT2D eigenvalue weighted by Gasteiger charge is -2.04. The first-order valence-electron chi connectivity index (χ1n) is 4.60. The zero-order valence-electron chi connectivity index (χ0n) is 8.31. The zero-order valence-corrected chi connectivity index (χ0v) is 8.31. The quantitative estimate of drug-likeness (QED) is 0.540. The SMILES string of the molecule is C#CCOC(=O)CCOc1ccccc1.